The highest BCUT2D eigenvalue weighted by atomic mass is 16.5. The quantitative estimate of drug-likeness (QED) is 0.869. The molecule has 1 heterocycles. The lowest BCUT2D eigenvalue weighted by atomic mass is 10.1. The van der Waals surface area contributed by atoms with E-state index < -0.39 is 6.04 Å². The second kappa shape index (κ2) is 5.77. The first kappa shape index (κ1) is 14.1. The Morgan fingerprint density at radius 1 is 1.35 bits per heavy atom. The summed E-state index contributed by atoms with van der Waals surface area (Å²) in [5.74, 6) is -0.329. The average Bonchev–Trinajstić information content (AvgIpc) is 2.76. The lowest BCUT2D eigenvalue weighted by Gasteiger charge is -2.18. The molecule has 0 fully saturated rings. The fourth-order valence-corrected chi connectivity index (χ4v) is 2.17. The van der Waals surface area contributed by atoms with Gasteiger partial charge in [0.05, 0.1) is 12.8 Å². The summed E-state index contributed by atoms with van der Waals surface area (Å²) in [5, 5.41) is 7.52. The number of carbonyl (C=O) groups is 1. The van der Waals surface area contributed by atoms with Gasteiger partial charge in [-0.3, -0.25) is 4.68 Å². The molecule has 1 unspecified atom stereocenters. The Balaban J connectivity index is 2.37. The molecular formula is C15H19N3O2. The van der Waals surface area contributed by atoms with Crippen LogP contribution in [-0.2, 0) is 16.6 Å². The van der Waals surface area contributed by atoms with E-state index in [0.29, 0.717) is 0 Å². The minimum atomic E-state index is -0.560. The van der Waals surface area contributed by atoms with Crippen molar-refractivity contribution in [2.45, 2.75) is 19.9 Å². The standard InChI is InChI=1S/C15H19N3O2/c1-10-7-5-6-8-13(10)16-14(15(19)20-4)12-9-18(3)17-11(12)2/h5-9,14,16H,1-4H3. The predicted molar refractivity (Wildman–Crippen MR) is 77.5 cm³/mol. The Morgan fingerprint density at radius 2 is 2.05 bits per heavy atom. The van der Waals surface area contributed by atoms with Crippen molar-refractivity contribution in [3.8, 4) is 0 Å². The monoisotopic (exact) mass is 273 g/mol. The maximum absolute atomic E-state index is 12.1. The highest BCUT2D eigenvalue weighted by Crippen LogP contribution is 2.25. The van der Waals surface area contributed by atoms with Crippen LogP contribution in [0.5, 0.6) is 0 Å². The van der Waals surface area contributed by atoms with Crippen LogP contribution in [0.25, 0.3) is 0 Å². The van der Waals surface area contributed by atoms with Gasteiger partial charge >= 0.3 is 5.97 Å². The Labute approximate surface area is 118 Å². The molecule has 1 aromatic heterocycles. The van der Waals surface area contributed by atoms with Crippen molar-refractivity contribution in [3.63, 3.8) is 0 Å². The molecule has 0 saturated heterocycles. The number of benzene rings is 1. The van der Waals surface area contributed by atoms with Crippen molar-refractivity contribution in [1.29, 1.82) is 0 Å². The zero-order valence-electron chi connectivity index (χ0n) is 12.2. The fraction of sp³-hybridized carbons (Fsp3) is 0.333. The SMILES string of the molecule is COC(=O)C(Nc1ccccc1C)c1cn(C)nc1C. The van der Waals surface area contributed by atoms with Gasteiger partial charge in [0.2, 0.25) is 0 Å². The summed E-state index contributed by atoms with van der Waals surface area (Å²) in [6, 6.07) is 7.27. The van der Waals surface area contributed by atoms with E-state index in [1.54, 1.807) is 4.68 Å². The molecule has 1 aromatic carbocycles. The Morgan fingerprint density at radius 3 is 2.60 bits per heavy atom. The molecule has 0 spiro atoms. The number of esters is 1. The van der Waals surface area contributed by atoms with Crippen LogP contribution in [0.2, 0.25) is 0 Å². The van der Waals surface area contributed by atoms with Crippen molar-refractivity contribution >= 4 is 11.7 Å². The van der Waals surface area contributed by atoms with Gasteiger partial charge in [-0.15, -0.1) is 0 Å². The van der Waals surface area contributed by atoms with Gasteiger partial charge in [0.15, 0.2) is 6.04 Å². The maximum Gasteiger partial charge on any atom is 0.333 e. The lowest BCUT2D eigenvalue weighted by molar-refractivity contribution is -0.141. The van der Waals surface area contributed by atoms with E-state index in [0.717, 1.165) is 22.5 Å². The number of para-hydroxylation sites is 1. The van der Waals surface area contributed by atoms with E-state index in [1.807, 2.05) is 51.4 Å². The van der Waals surface area contributed by atoms with Gasteiger partial charge in [0.25, 0.3) is 0 Å². The first-order valence-electron chi connectivity index (χ1n) is 6.43. The number of anilines is 1. The number of carbonyl (C=O) groups excluding carboxylic acids is 1. The summed E-state index contributed by atoms with van der Waals surface area (Å²) >= 11 is 0. The average molecular weight is 273 g/mol. The highest BCUT2D eigenvalue weighted by molar-refractivity contribution is 5.81. The molecule has 5 heteroatoms. The fourth-order valence-electron chi connectivity index (χ4n) is 2.17. The zero-order valence-corrected chi connectivity index (χ0v) is 12.2. The smallest absolute Gasteiger partial charge is 0.333 e. The van der Waals surface area contributed by atoms with Crippen molar-refractivity contribution in [1.82, 2.24) is 9.78 Å². The van der Waals surface area contributed by atoms with E-state index in [9.17, 15) is 4.79 Å². The lowest BCUT2D eigenvalue weighted by Crippen LogP contribution is -2.23. The number of hydrogen-bond acceptors (Lipinski definition) is 4. The number of aromatic nitrogens is 2. The third-order valence-corrected chi connectivity index (χ3v) is 3.24. The highest BCUT2D eigenvalue weighted by Gasteiger charge is 2.25. The topological polar surface area (TPSA) is 56.1 Å². The van der Waals surface area contributed by atoms with Gasteiger partial charge < -0.3 is 10.1 Å². The van der Waals surface area contributed by atoms with Gasteiger partial charge in [-0.05, 0) is 25.5 Å². The molecule has 20 heavy (non-hydrogen) atoms. The molecule has 0 radical (unpaired) electrons. The maximum atomic E-state index is 12.1. The largest absolute Gasteiger partial charge is 0.467 e. The number of hydrogen-bond donors (Lipinski definition) is 1. The van der Waals surface area contributed by atoms with Gasteiger partial charge in [-0.1, -0.05) is 18.2 Å². The van der Waals surface area contributed by atoms with Crippen LogP contribution in [0.15, 0.2) is 30.5 Å². The minimum Gasteiger partial charge on any atom is -0.467 e. The van der Waals surface area contributed by atoms with Crippen molar-refractivity contribution in [2.24, 2.45) is 7.05 Å². The van der Waals surface area contributed by atoms with Crippen LogP contribution < -0.4 is 5.32 Å². The number of aryl methyl sites for hydroxylation is 3. The van der Waals surface area contributed by atoms with E-state index in [4.69, 9.17) is 4.74 Å². The molecule has 0 aliphatic carbocycles. The van der Waals surface area contributed by atoms with Crippen molar-refractivity contribution < 1.29 is 9.53 Å². The normalized spacial score (nSPS) is 12.0. The summed E-state index contributed by atoms with van der Waals surface area (Å²) < 4.78 is 6.60. The van der Waals surface area contributed by atoms with E-state index in [-0.39, 0.29) is 5.97 Å². The predicted octanol–water partition coefficient (Wildman–Crippen LogP) is 2.36. The van der Waals surface area contributed by atoms with Gasteiger partial charge in [0.1, 0.15) is 0 Å². The summed E-state index contributed by atoms with van der Waals surface area (Å²) in [4.78, 5) is 12.1. The summed E-state index contributed by atoms with van der Waals surface area (Å²) in [7, 11) is 3.22. The van der Waals surface area contributed by atoms with E-state index in [1.165, 1.54) is 7.11 Å². The summed E-state index contributed by atoms with van der Waals surface area (Å²) in [6.45, 7) is 3.87. The number of nitrogens with zero attached hydrogens (tertiary/aromatic N) is 2. The number of rotatable bonds is 4. The van der Waals surface area contributed by atoms with E-state index >= 15 is 0 Å². The van der Waals surface area contributed by atoms with Crippen molar-refractivity contribution in [2.75, 3.05) is 12.4 Å². The molecular weight excluding hydrogens is 254 g/mol. The molecule has 0 aliphatic heterocycles. The molecule has 2 aromatic rings. The number of methoxy groups -OCH3 is 1. The van der Waals surface area contributed by atoms with Crippen LogP contribution in [0.4, 0.5) is 5.69 Å². The molecule has 1 atom stereocenters. The third-order valence-electron chi connectivity index (χ3n) is 3.24. The van der Waals surface area contributed by atoms with Crippen LogP contribution in [0, 0.1) is 13.8 Å². The molecule has 106 valence electrons. The first-order chi connectivity index (χ1) is 9.52. The van der Waals surface area contributed by atoms with Gasteiger partial charge in [0, 0.05) is 24.5 Å². The van der Waals surface area contributed by atoms with Crippen molar-refractivity contribution in [3.05, 3.63) is 47.3 Å². The van der Waals surface area contributed by atoms with Crippen LogP contribution in [0.3, 0.4) is 0 Å². The molecule has 0 aliphatic rings. The molecule has 5 nitrogen and oxygen atoms in total. The molecule has 0 amide bonds. The van der Waals surface area contributed by atoms with Gasteiger partial charge in [-0.25, -0.2) is 4.79 Å². The molecule has 2 rings (SSSR count). The summed E-state index contributed by atoms with van der Waals surface area (Å²) in [6.07, 6.45) is 1.84. The Bertz CT molecular complexity index is 619. The second-order valence-corrected chi connectivity index (χ2v) is 4.76. The molecule has 0 saturated carbocycles. The second-order valence-electron chi connectivity index (χ2n) is 4.76. The summed E-state index contributed by atoms with van der Waals surface area (Å²) in [5.41, 5.74) is 3.61. The van der Waals surface area contributed by atoms with Crippen LogP contribution in [-0.4, -0.2) is 22.9 Å². The van der Waals surface area contributed by atoms with Crippen LogP contribution in [0.1, 0.15) is 22.9 Å². The van der Waals surface area contributed by atoms with Gasteiger partial charge in [-0.2, -0.15) is 5.10 Å². The van der Waals surface area contributed by atoms with Crippen LogP contribution >= 0.6 is 0 Å². The zero-order chi connectivity index (χ0) is 14.7. The Kier molecular flexibility index (Phi) is 4.08. The van der Waals surface area contributed by atoms with E-state index in [2.05, 4.69) is 10.4 Å². The third kappa shape index (κ3) is 2.82. The number of nitrogens with one attached hydrogen (secondary N) is 1. The minimum absolute atomic E-state index is 0.329. The molecule has 0 bridgehead atoms. The Hall–Kier alpha value is -2.30. The molecule has 1 N–H and O–H groups in total. The number of ether oxygens (including phenoxy) is 1. The first-order valence-corrected chi connectivity index (χ1v) is 6.43.